The lowest BCUT2D eigenvalue weighted by molar-refractivity contribution is -0.148. The average molecular weight is 396 g/mol. The average Bonchev–Trinajstić information content (AvgIpc) is 2.70. The highest BCUT2D eigenvalue weighted by Gasteiger charge is 2.36. The van der Waals surface area contributed by atoms with Crippen LogP contribution >= 0.6 is 35.6 Å². The largest absolute Gasteiger partial charge is 0.481 e. The molecule has 0 amide bonds. The Morgan fingerprint density at radius 1 is 1.33 bits per heavy atom. The summed E-state index contributed by atoms with van der Waals surface area (Å²) in [6, 6.07) is 5.61. The number of nitrogens with one attached hydrogen (secondary N) is 1. The first kappa shape index (κ1) is 19.8. The molecular formula is C16H21Cl3N2O3. The van der Waals surface area contributed by atoms with E-state index < -0.39 is 5.97 Å². The summed E-state index contributed by atoms with van der Waals surface area (Å²) in [6.07, 6.45) is -0.0661. The summed E-state index contributed by atoms with van der Waals surface area (Å²) in [4.78, 5) is 13.1. The first-order valence-electron chi connectivity index (χ1n) is 7.77. The molecule has 134 valence electrons. The third kappa shape index (κ3) is 4.54. The van der Waals surface area contributed by atoms with Crippen molar-refractivity contribution in [3.8, 4) is 0 Å². The molecule has 3 rings (SSSR count). The van der Waals surface area contributed by atoms with Crippen molar-refractivity contribution in [3.63, 3.8) is 0 Å². The number of likely N-dealkylation sites (tertiary alicyclic amines) is 1. The first-order valence-corrected chi connectivity index (χ1v) is 8.52. The second-order valence-corrected chi connectivity index (χ2v) is 7.00. The van der Waals surface area contributed by atoms with Gasteiger partial charge in [0, 0.05) is 38.6 Å². The Bertz CT molecular complexity index is 582. The summed E-state index contributed by atoms with van der Waals surface area (Å²) in [5, 5.41) is 13.4. The van der Waals surface area contributed by atoms with Crippen molar-refractivity contribution < 1.29 is 14.6 Å². The molecule has 2 aliphatic rings. The Balaban J connectivity index is 0.00000208. The minimum atomic E-state index is -0.711. The highest BCUT2D eigenvalue weighted by Crippen LogP contribution is 2.33. The second-order valence-electron chi connectivity index (χ2n) is 6.18. The van der Waals surface area contributed by atoms with Gasteiger partial charge in [-0.3, -0.25) is 4.79 Å². The summed E-state index contributed by atoms with van der Waals surface area (Å²) >= 11 is 12.1. The Labute approximate surface area is 157 Å². The molecule has 0 unspecified atom stereocenters. The molecule has 2 aliphatic heterocycles. The molecule has 0 aromatic heterocycles. The van der Waals surface area contributed by atoms with Gasteiger partial charge in [0.05, 0.1) is 28.7 Å². The van der Waals surface area contributed by atoms with E-state index in [1.807, 2.05) is 12.1 Å². The second kappa shape index (κ2) is 8.70. The zero-order chi connectivity index (χ0) is 16.4. The fourth-order valence-electron chi connectivity index (χ4n) is 3.21. The number of carboxylic acid groups (broad SMARTS) is 1. The van der Waals surface area contributed by atoms with Crippen molar-refractivity contribution in [1.82, 2.24) is 10.2 Å². The number of hydrogen-bond donors (Lipinski definition) is 2. The number of ether oxygens (including phenoxy) is 1. The van der Waals surface area contributed by atoms with Crippen LogP contribution in [0.15, 0.2) is 18.2 Å². The third-order valence-corrected chi connectivity index (χ3v) is 5.22. The number of halogens is 3. The molecule has 2 heterocycles. The van der Waals surface area contributed by atoms with Gasteiger partial charge in [-0.2, -0.15) is 0 Å². The van der Waals surface area contributed by atoms with E-state index in [-0.39, 0.29) is 30.3 Å². The highest BCUT2D eigenvalue weighted by molar-refractivity contribution is 6.42. The van der Waals surface area contributed by atoms with Gasteiger partial charge in [-0.05, 0) is 17.7 Å². The van der Waals surface area contributed by atoms with Gasteiger partial charge in [0.15, 0.2) is 0 Å². The lowest BCUT2D eigenvalue weighted by Crippen LogP contribution is -2.53. The van der Waals surface area contributed by atoms with Crippen LogP contribution in [-0.4, -0.2) is 55.3 Å². The molecule has 8 heteroatoms. The normalized spacial score (nSPS) is 25.4. The predicted octanol–water partition coefficient (Wildman–Crippen LogP) is 2.71. The van der Waals surface area contributed by atoms with Crippen LogP contribution in [0, 0.1) is 11.8 Å². The Hall–Kier alpha value is -0.560. The molecule has 1 aromatic carbocycles. The minimum Gasteiger partial charge on any atom is -0.481 e. The van der Waals surface area contributed by atoms with Crippen LogP contribution in [0.2, 0.25) is 10.0 Å². The molecule has 24 heavy (non-hydrogen) atoms. The van der Waals surface area contributed by atoms with Crippen molar-refractivity contribution in [3.05, 3.63) is 33.8 Å². The highest BCUT2D eigenvalue weighted by atomic mass is 35.5. The fraction of sp³-hybridized carbons (Fsp3) is 0.562. The molecule has 2 N–H and O–H groups in total. The topological polar surface area (TPSA) is 61.8 Å². The van der Waals surface area contributed by atoms with Crippen LogP contribution in [0.3, 0.4) is 0 Å². The number of carbonyl (C=O) groups is 1. The smallest absolute Gasteiger partial charge is 0.309 e. The summed E-state index contributed by atoms with van der Waals surface area (Å²) in [6.45, 7) is 4.31. The zero-order valence-corrected chi connectivity index (χ0v) is 15.4. The van der Waals surface area contributed by atoms with E-state index in [2.05, 4.69) is 10.2 Å². The molecule has 0 aliphatic carbocycles. The molecule has 0 spiro atoms. The Kier molecular flexibility index (Phi) is 7.16. The van der Waals surface area contributed by atoms with Crippen molar-refractivity contribution in [2.45, 2.75) is 6.10 Å². The van der Waals surface area contributed by atoms with Crippen molar-refractivity contribution in [2.75, 3.05) is 39.3 Å². The molecule has 2 atom stereocenters. The lowest BCUT2D eigenvalue weighted by atomic mass is 9.92. The van der Waals surface area contributed by atoms with E-state index in [1.54, 1.807) is 6.07 Å². The summed E-state index contributed by atoms with van der Waals surface area (Å²) < 4.78 is 6.03. The molecule has 0 bridgehead atoms. The molecular weight excluding hydrogens is 375 g/mol. The lowest BCUT2D eigenvalue weighted by Gasteiger charge is -2.40. The maximum Gasteiger partial charge on any atom is 0.309 e. The van der Waals surface area contributed by atoms with Crippen molar-refractivity contribution in [1.29, 1.82) is 0 Å². The van der Waals surface area contributed by atoms with E-state index in [0.717, 1.165) is 25.2 Å². The SMILES string of the molecule is Cl.O=C(O)C1CN(C[C@@H]2CNCCO[C@H]2c2ccc(Cl)c(Cl)c2)C1. The summed E-state index contributed by atoms with van der Waals surface area (Å²) in [5.74, 6) is -0.708. The van der Waals surface area contributed by atoms with Gasteiger partial charge in [-0.1, -0.05) is 29.3 Å². The van der Waals surface area contributed by atoms with Gasteiger partial charge in [0.1, 0.15) is 0 Å². The first-order chi connectivity index (χ1) is 11.0. The van der Waals surface area contributed by atoms with Crippen LogP contribution in [0.25, 0.3) is 0 Å². The number of hydrogen-bond acceptors (Lipinski definition) is 4. The van der Waals surface area contributed by atoms with E-state index in [4.69, 9.17) is 33.0 Å². The fourth-order valence-corrected chi connectivity index (χ4v) is 3.52. The van der Waals surface area contributed by atoms with Crippen molar-refractivity contribution in [2.24, 2.45) is 11.8 Å². The van der Waals surface area contributed by atoms with Crippen LogP contribution in [0.1, 0.15) is 11.7 Å². The number of rotatable bonds is 4. The number of benzene rings is 1. The third-order valence-electron chi connectivity index (χ3n) is 4.48. The molecule has 0 saturated carbocycles. The maximum atomic E-state index is 10.9. The summed E-state index contributed by atoms with van der Waals surface area (Å²) in [5.41, 5.74) is 1.02. The van der Waals surface area contributed by atoms with Gasteiger partial charge >= 0.3 is 5.97 Å². The molecule has 2 fully saturated rings. The van der Waals surface area contributed by atoms with Gasteiger partial charge < -0.3 is 20.1 Å². The number of nitrogens with zero attached hydrogens (tertiary/aromatic N) is 1. The summed E-state index contributed by atoms with van der Waals surface area (Å²) in [7, 11) is 0. The van der Waals surface area contributed by atoms with Crippen LogP contribution < -0.4 is 5.32 Å². The van der Waals surface area contributed by atoms with E-state index >= 15 is 0 Å². The van der Waals surface area contributed by atoms with Gasteiger partial charge in [-0.25, -0.2) is 0 Å². The molecule has 1 aromatic rings. The minimum absolute atomic E-state index is 0. The van der Waals surface area contributed by atoms with E-state index in [1.165, 1.54) is 0 Å². The maximum absolute atomic E-state index is 10.9. The van der Waals surface area contributed by atoms with E-state index in [0.29, 0.717) is 29.7 Å². The number of aliphatic carboxylic acids is 1. The standard InChI is InChI=1S/C16H20Cl2N2O3.ClH/c17-13-2-1-10(5-14(13)18)15-11(6-19-3-4-23-15)7-20-8-12(9-20)16(21)22;/h1-2,5,11-12,15,19H,3-4,6-9H2,(H,21,22);1H/t11-,15-;/m0./s1. The molecule has 0 radical (unpaired) electrons. The number of carboxylic acids is 1. The Morgan fingerprint density at radius 2 is 2.08 bits per heavy atom. The Morgan fingerprint density at radius 3 is 2.75 bits per heavy atom. The molecule has 5 nitrogen and oxygen atoms in total. The van der Waals surface area contributed by atoms with Gasteiger partial charge in [0.25, 0.3) is 0 Å². The van der Waals surface area contributed by atoms with Crippen LogP contribution in [0.5, 0.6) is 0 Å². The van der Waals surface area contributed by atoms with Gasteiger partial charge in [0.2, 0.25) is 0 Å². The monoisotopic (exact) mass is 394 g/mol. The van der Waals surface area contributed by atoms with Crippen molar-refractivity contribution >= 4 is 41.6 Å². The van der Waals surface area contributed by atoms with Crippen LogP contribution in [-0.2, 0) is 9.53 Å². The zero-order valence-electron chi connectivity index (χ0n) is 13.1. The predicted molar refractivity (Wildman–Crippen MR) is 96.3 cm³/mol. The van der Waals surface area contributed by atoms with E-state index in [9.17, 15) is 4.79 Å². The van der Waals surface area contributed by atoms with Crippen LogP contribution in [0.4, 0.5) is 0 Å². The van der Waals surface area contributed by atoms with Gasteiger partial charge in [-0.15, -0.1) is 12.4 Å². The quantitative estimate of drug-likeness (QED) is 0.821. The molecule has 2 saturated heterocycles.